The summed E-state index contributed by atoms with van der Waals surface area (Å²) in [6.07, 6.45) is 5.95. The van der Waals surface area contributed by atoms with E-state index in [0.29, 0.717) is 11.5 Å². The monoisotopic (exact) mass is 308 g/mol. The molecular weight excluding hydrogens is 288 g/mol. The zero-order valence-corrected chi connectivity index (χ0v) is 12.7. The van der Waals surface area contributed by atoms with Crippen molar-refractivity contribution in [1.82, 2.24) is 0 Å². The molecule has 1 spiro atoms. The molecule has 21 heavy (non-hydrogen) atoms. The fourth-order valence-corrected chi connectivity index (χ4v) is 5.24. The van der Waals surface area contributed by atoms with Crippen LogP contribution in [0.3, 0.4) is 0 Å². The summed E-state index contributed by atoms with van der Waals surface area (Å²) in [7, 11) is -1.28. The van der Waals surface area contributed by atoms with Crippen LogP contribution in [0.25, 0.3) is 0 Å². The lowest BCUT2D eigenvalue weighted by atomic mass is 9.92. The number of hydrogen-bond donors (Lipinski definition) is 1. The number of carboxylic acid groups (broad SMARTS) is 1. The lowest BCUT2D eigenvalue weighted by Gasteiger charge is -2.37. The Balaban J connectivity index is 1.83. The molecule has 1 aliphatic heterocycles. The average molecular weight is 308 g/mol. The van der Waals surface area contributed by atoms with E-state index < -0.39 is 16.8 Å². The van der Waals surface area contributed by atoms with Gasteiger partial charge in [0, 0.05) is 11.9 Å². The predicted molar refractivity (Wildman–Crippen MR) is 80.0 cm³/mol. The Morgan fingerprint density at radius 3 is 2.71 bits per heavy atom. The number of ether oxygens (including phenoxy) is 1. The molecule has 3 rings (SSSR count). The van der Waals surface area contributed by atoms with Gasteiger partial charge < -0.3 is 9.84 Å². The van der Waals surface area contributed by atoms with Crippen LogP contribution in [0.1, 0.15) is 48.9 Å². The summed E-state index contributed by atoms with van der Waals surface area (Å²) in [6.45, 7) is 0.631. The van der Waals surface area contributed by atoms with Gasteiger partial charge in [0.1, 0.15) is 0 Å². The summed E-state index contributed by atoms with van der Waals surface area (Å²) in [5.74, 6) is -1.01. The van der Waals surface area contributed by atoms with Crippen molar-refractivity contribution in [2.45, 2.75) is 54.3 Å². The molecule has 2 unspecified atom stereocenters. The highest BCUT2D eigenvalue weighted by Gasteiger charge is 2.42. The zero-order valence-electron chi connectivity index (χ0n) is 11.9. The maximum atomic E-state index is 12.9. The molecule has 0 radical (unpaired) electrons. The molecule has 0 bridgehead atoms. The van der Waals surface area contributed by atoms with Crippen molar-refractivity contribution in [3.63, 3.8) is 0 Å². The first kappa shape index (κ1) is 14.7. The van der Waals surface area contributed by atoms with E-state index in [4.69, 9.17) is 4.74 Å². The summed E-state index contributed by atoms with van der Waals surface area (Å²) in [6, 6.07) is 6.63. The van der Waals surface area contributed by atoms with E-state index in [9.17, 15) is 14.1 Å². The number of benzene rings is 1. The lowest BCUT2D eigenvalue weighted by molar-refractivity contribution is -0.0708. The van der Waals surface area contributed by atoms with Crippen LogP contribution in [0.4, 0.5) is 0 Å². The van der Waals surface area contributed by atoms with Crippen molar-refractivity contribution in [1.29, 1.82) is 0 Å². The van der Waals surface area contributed by atoms with E-state index in [0.717, 1.165) is 25.7 Å². The van der Waals surface area contributed by atoms with E-state index in [2.05, 4.69) is 0 Å². The molecule has 114 valence electrons. The molecular formula is C16H20O4S. The number of hydrogen-bond acceptors (Lipinski definition) is 3. The summed E-state index contributed by atoms with van der Waals surface area (Å²) in [5, 5.41) is 9.26. The minimum absolute atomic E-state index is 0.00245. The van der Waals surface area contributed by atoms with Gasteiger partial charge >= 0.3 is 5.97 Å². The van der Waals surface area contributed by atoms with Crippen LogP contribution in [-0.4, -0.2) is 32.7 Å². The van der Waals surface area contributed by atoms with Crippen molar-refractivity contribution >= 4 is 16.8 Å². The molecule has 1 aliphatic carbocycles. The molecule has 1 aromatic rings. The van der Waals surface area contributed by atoms with E-state index in [1.165, 1.54) is 18.9 Å². The highest BCUT2D eigenvalue weighted by Crippen LogP contribution is 2.42. The van der Waals surface area contributed by atoms with Crippen molar-refractivity contribution in [3.8, 4) is 0 Å². The Labute approximate surface area is 127 Å². The Hall–Kier alpha value is -1.20. The maximum Gasteiger partial charge on any atom is 0.336 e. The predicted octanol–water partition coefficient (Wildman–Crippen LogP) is 2.98. The third kappa shape index (κ3) is 2.90. The normalized spacial score (nSPS) is 25.8. The van der Waals surface area contributed by atoms with Crippen LogP contribution in [-0.2, 0) is 15.5 Å². The summed E-state index contributed by atoms with van der Waals surface area (Å²) >= 11 is 0. The summed E-state index contributed by atoms with van der Waals surface area (Å²) < 4.78 is 18.8. The SMILES string of the molecule is O=C(O)c1ccccc1S(=O)C1CCOC2(CCCC2)C1. The molecule has 0 amide bonds. The Morgan fingerprint density at radius 2 is 2.00 bits per heavy atom. The van der Waals surface area contributed by atoms with Gasteiger partial charge in [0.25, 0.3) is 0 Å². The Morgan fingerprint density at radius 1 is 1.29 bits per heavy atom. The topological polar surface area (TPSA) is 63.6 Å². The van der Waals surface area contributed by atoms with Gasteiger partial charge in [0.05, 0.1) is 26.9 Å². The lowest BCUT2D eigenvalue weighted by Crippen LogP contribution is -2.41. The van der Waals surface area contributed by atoms with E-state index in [1.54, 1.807) is 18.2 Å². The Kier molecular flexibility index (Phi) is 4.13. The van der Waals surface area contributed by atoms with Crippen molar-refractivity contribution in [2.75, 3.05) is 6.61 Å². The number of carboxylic acids is 1. The molecule has 2 fully saturated rings. The van der Waals surface area contributed by atoms with Gasteiger partial charge in [-0.2, -0.15) is 0 Å². The number of carbonyl (C=O) groups is 1. The third-order valence-corrected chi connectivity index (χ3v) is 6.40. The highest BCUT2D eigenvalue weighted by atomic mass is 32.2. The van der Waals surface area contributed by atoms with E-state index >= 15 is 0 Å². The highest BCUT2D eigenvalue weighted by molar-refractivity contribution is 7.85. The second-order valence-corrected chi connectivity index (χ2v) is 7.65. The molecule has 2 aliphatic rings. The third-order valence-electron chi connectivity index (χ3n) is 4.60. The molecule has 1 N–H and O–H groups in total. The first-order valence-corrected chi connectivity index (χ1v) is 8.69. The fraction of sp³-hybridized carbons (Fsp3) is 0.562. The van der Waals surface area contributed by atoms with Gasteiger partial charge in [-0.1, -0.05) is 25.0 Å². The first-order chi connectivity index (χ1) is 10.1. The van der Waals surface area contributed by atoms with Crippen LogP contribution >= 0.6 is 0 Å². The molecule has 1 heterocycles. The van der Waals surface area contributed by atoms with Crippen LogP contribution in [0.5, 0.6) is 0 Å². The van der Waals surface area contributed by atoms with Crippen molar-refractivity contribution in [3.05, 3.63) is 29.8 Å². The molecule has 1 aromatic carbocycles. The van der Waals surface area contributed by atoms with E-state index in [-0.39, 0.29) is 16.4 Å². The standard InChI is InChI=1S/C16H20O4S/c17-15(18)13-5-1-2-6-14(13)21(19)12-7-10-20-16(11-12)8-3-4-9-16/h1-2,5-6,12H,3-4,7-11H2,(H,17,18). The molecule has 2 atom stereocenters. The number of aromatic carboxylic acids is 1. The largest absolute Gasteiger partial charge is 0.478 e. The van der Waals surface area contributed by atoms with Crippen LogP contribution in [0, 0.1) is 0 Å². The average Bonchev–Trinajstić information content (AvgIpc) is 2.94. The van der Waals surface area contributed by atoms with Gasteiger partial charge in [0.2, 0.25) is 0 Å². The van der Waals surface area contributed by atoms with Gasteiger partial charge in [-0.05, 0) is 37.8 Å². The molecule has 0 aromatic heterocycles. The second-order valence-electron chi connectivity index (χ2n) is 5.95. The van der Waals surface area contributed by atoms with Gasteiger partial charge in [-0.25, -0.2) is 4.79 Å². The zero-order chi connectivity index (χ0) is 14.9. The van der Waals surface area contributed by atoms with Gasteiger partial charge in [0.15, 0.2) is 0 Å². The van der Waals surface area contributed by atoms with Gasteiger partial charge in [-0.15, -0.1) is 0 Å². The molecule has 1 saturated heterocycles. The smallest absolute Gasteiger partial charge is 0.336 e. The fourth-order valence-electron chi connectivity index (χ4n) is 3.53. The Bertz CT molecular complexity index is 563. The summed E-state index contributed by atoms with van der Waals surface area (Å²) in [4.78, 5) is 11.7. The van der Waals surface area contributed by atoms with Crippen LogP contribution in [0.2, 0.25) is 0 Å². The molecule has 5 heteroatoms. The van der Waals surface area contributed by atoms with Crippen LogP contribution < -0.4 is 0 Å². The summed E-state index contributed by atoms with van der Waals surface area (Å²) in [5.41, 5.74) is 0.0549. The van der Waals surface area contributed by atoms with Crippen molar-refractivity contribution in [2.24, 2.45) is 0 Å². The quantitative estimate of drug-likeness (QED) is 0.932. The minimum atomic E-state index is -1.28. The van der Waals surface area contributed by atoms with Crippen LogP contribution in [0.15, 0.2) is 29.2 Å². The first-order valence-electron chi connectivity index (χ1n) is 7.48. The second kappa shape index (κ2) is 5.89. The molecule has 4 nitrogen and oxygen atoms in total. The van der Waals surface area contributed by atoms with E-state index in [1.807, 2.05) is 0 Å². The van der Waals surface area contributed by atoms with Gasteiger partial charge in [-0.3, -0.25) is 4.21 Å². The number of rotatable bonds is 3. The van der Waals surface area contributed by atoms with Crippen molar-refractivity contribution < 1.29 is 18.8 Å². The molecule has 1 saturated carbocycles. The maximum absolute atomic E-state index is 12.9. The minimum Gasteiger partial charge on any atom is -0.478 e.